The average Bonchev–Trinajstić information content (AvgIpc) is 2.78. The lowest BCUT2D eigenvalue weighted by atomic mass is 9.91. The summed E-state index contributed by atoms with van der Waals surface area (Å²) >= 11 is 6.49. The Balaban J connectivity index is 1.78. The van der Waals surface area contributed by atoms with Crippen molar-refractivity contribution < 1.29 is 4.74 Å². The van der Waals surface area contributed by atoms with Crippen LogP contribution in [0.15, 0.2) is 40.7 Å². The van der Waals surface area contributed by atoms with Gasteiger partial charge < -0.3 is 15.0 Å². The van der Waals surface area contributed by atoms with E-state index in [1.54, 1.807) is 0 Å². The molecule has 31 heavy (non-hydrogen) atoms. The van der Waals surface area contributed by atoms with Crippen LogP contribution in [0.1, 0.15) is 39.2 Å². The van der Waals surface area contributed by atoms with Gasteiger partial charge >= 0.3 is 0 Å². The highest BCUT2D eigenvalue weighted by Crippen LogP contribution is 2.33. The van der Waals surface area contributed by atoms with E-state index in [0.29, 0.717) is 30.0 Å². The number of aromatic nitrogens is 2. The van der Waals surface area contributed by atoms with Crippen LogP contribution in [0.2, 0.25) is 5.02 Å². The van der Waals surface area contributed by atoms with Crippen LogP contribution in [0.5, 0.6) is 0 Å². The molecule has 0 bridgehead atoms. The van der Waals surface area contributed by atoms with Crippen LogP contribution in [-0.4, -0.2) is 42.0 Å². The third-order valence-corrected chi connectivity index (χ3v) is 6.44. The van der Waals surface area contributed by atoms with Crippen molar-refractivity contribution in [1.82, 2.24) is 9.97 Å². The van der Waals surface area contributed by atoms with Crippen molar-refractivity contribution in [1.29, 1.82) is 0 Å². The first-order valence-electron chi connectivity index (χ1n) is 11.0. The molecule has 0 spiro atoms. The van der Waals surface area contributed by atoms with Crippen LogP contribution in [0, 0.1) is 12.8 Å². The number of hydrogen-bond acceptors (Lipinski definition) is 6. The number of allylic oxidation sites excluding steroid dienone is 1. The lowest BCUT2D eigenvalue weighted by molar-refractivity contribution is 0.122. The van der Waals surface area contributed by atoms with E-state index in [1.165, 1.54) is 11.3 Å². The predicted octanol–water partition coefficient (Wildman–Crippen LogP) is 5.48. The van der Waals surface area contributed by atoms with E-state index in [0.717, 1.165) is 54.5 Å². The molecule has 0 amide bonds. The minimum atomic E-state index is 0.514. The van der Waals surface area contributed by atoms with Gasteiger partial charge in [-0.15, -0.1) is 0 Å². The van der Waals surface area contributed by atoms with Gasteiger partial charge in [0.15, 0.2) is 5.82 Å². The lowest BCUT2D eigenvalue weighted by Crippen LogP contribution is -2.37. The molecule has 164 valence electrons. The third-order valence-electron chi connectivity index (χ3n) is 6.11. The summed E-state index contributed by atoms with van der Waals surface area (Å²) in [4.78, 5) is 16.9. The molecule has 1 saturated heterocycles. The Kier molecular flexibility index (Phi) is 6.58. The summed E-state index contributed by atoms with van der Waals surface area (Å²) in [5, 5.41) is 4.16. The molecule has 7 heteroatoms. The Morgan fingerprint density at radius 1 is 1.13 bits per heavy atom. The first kappa shape index (κ1) is 21.8. The van der Waals surface area contributed by atoms with E-state index in [2.05, 4.69) is 37.9 Å². The van der Waals surface area contributed by atoms with Crippen LogP contribution in [-0.2, 0) is 4.74 Å². The summed E-state index contributed by atoms with van der Waals surface area (Å²) in [6.07, 6.45) is 2.12. The van der Waals surface area contributed by atoms with Gasteiger partial charge in [0.05, 0.1) is 18.2 Å². The molecule has 1 unspecified atom stereocenters. The summed E-state index contributed by atoms with van der Waals surface area (Å²) in [5.74, 6) is 3.70. The first-order valence-corrected chi connectivity index (χ1v) is 11.3. The second kappa shape index (κ2) is 9.37. The van der Waals surface area contributed by atoms with Gasteiger partial charge in [-0.25, -0.2) is 15.0 Å². The van der Waals surface area contributed by atoms with Crippen LogP contribution < -0.4 is 10.2 Å². The summed E-state index contributed by atoms with van der Waals surface area (Å²) in [7, 11) is 0. The van der Waals surface area contributed by atoms with Crippen molar-refractivity contribution >= 4 is 28.9 Å². The third kappa shape index (κ3) is 4.60. The number of anilines is 2. The largest absolute Gasteiger partial charge is 0.378 e. The second-order valence-corrected chi connectivity index (χ2v) is 8.65. The summed E-state index contributed by atoms with van der Waals surface area (Å²) in [6.45, 7) is 11.5. The highest BCUT2D eigenvalue weighted by Gasteiger charge is 2.23. The van der Waals surface area contributed by atoms with Crippen molar-refractivity contribution in [2.75, 3.05) is 36.5 Å². The number of ether oxygens (including phenoxy) is 1. The fraction of sp³-hybridized carbons (Fsp3) is 0.458. The molecule has 1 atom stereocenters. The van der Waals surface area contributed by atoms with Gasteiger partial charge in [0.1, 0.15) is 17.5 Å². The number of rotatable bonds is 5. The molecule has 0 aliphatic carbocycles. The summed E-state index contributed by atoms with van der Waals surface area (Å²) in [6, 6.07) is 7.70. The number of hydrogen-bond donors (Lipinski definition) is 1. The Bertz CT molecular complexity index is 1030. The lowest BCUT2D eigenvalue weighted by Gasteiger charge is -2.30. The van der Waals surface area contributed by atoms with Crippen molar-refractivity contribution in [2.45, 2.75) is 40.5 Å². The van der Waals surface area contributed by atoms with Gasteiger partial charge in [0.2, 0.25) is 0 Å². The number of aliphatic imine (C=N–C) groups is 1. The van der Waals surface area contributed by atoms with Gasteiger partial charge in [-0.1, -0.05) is 30.7 Å². The number of nitrogens with one attached hydrogen (secondary N) is 1. The zero-order valence-corrected chi connectivity index (χ0v) is 19.5. The first-order chi connectivity index (χ1) is 15.0. The molecule has 1 aromatic carbocycles. The van der Waals surface area contributed by atoms with Crippen molar-refractivity contribution in [3.8, 4) is 11.4 Å². The normalized spacial score (nSPS) is 19.5. The SMILES string of the molecule is CCC1CC(C)=C(Nc2nc(-c3ccccc3Cl)nc(N3CCOCC3)c2C)N=C1C. The Morgan fingerprint density at radius 2 is 1.87 bits per heavy atom. The highest BCUT2D eigenvalue weighted by atomic mass is 35.5. The maximum Gasteiger partial charge on any atom is 0.165 e. The molecule has 0 radical (unpaired) electrons. The van der Waals surface area contributed by atoms with Crippen molar-refractivity contribution in [2.24, 2.45) is 10.9 Å². The van der Waals surface area contributed by atoms with E-state index in [4.69, 9.17) is 31.3 Å². The van der Waals surface area contributed by atoms with Gasteiger partial charge in [0.25, 0.3) is 0 Å². The van der Waals surface area contributed by atoms with Crippen LogP contribution in [0.25, 0.3) is 11.4 Å². The number of halogens is 1. The molecule has 0 saturated carbocycles. The number of nitrogens with zero attached hydrogens (tertiary/aromatic N) is 4. The second-order valence-electron chi connectivity index (χ2n) is 8.24. The molecule has 4 rings (SSSR count). The van der Waals surface area contributed by atoms with E-state index < -0.39 is 0 Å². The highest BCUT2D eigenvalue weighted by molar-refractivity contribution is 6.33. The van der Waals surface area contributed by atoms with Crippen molar-refractivity contribution in [3.05, 3.63) is 46.2 Å². The monoisotopic (exact) mass is 439 g/mol. The van der Waals surface area contributed by atoms with E-state index in [-0.39, 0.29) is 0 Å². The quantitative estimate of drug-likeness (QED) is 0.668. The maximum absolute atomic E-state index is 6.49. The zero-order chi connectivity index (χ0) is 22.0. The van der Waals surface area contributed by atoms with Crippen LogP contribution in [0.4, 0.5) is 11.6 Å². The molecule has 1 fully saturated rings. The summed E-state index contributed by atoms with van der Waals surface area (Å²) in [5.41, 5.74) is 4.25. The minimum absolute atomic E-state index is 0.514. The molecule has 2 aromatic rings. The predicted molar refractivity (Wildman–Crippen MR) is 128 cm³/mol. The fourth-order valence-electron chi connectivity index (χ4n) is 4.14. The number of morpholine rings is 1. The molecule has 3 heterocycles. The molecule has 2 aliphatic rings. The Labute approximate surface area is 189 Å². The van der Waals surface area contributed by atoms with Gasteiger partial charge in [-0.05, 0) is 51.3 Å². The molecule has 6 nitrogen and oxygen atoms in total. The molecule has 2 aliphatic heterocycles. The van der Waals surface area contributed by atoms with Crippen LogP contribution in [0.3, 0.4) is 0 Å². The van der Waals surface area contributed by atoms with E-state index >= 15 is 0 Å². The topological polar surface area (TPSA) is 62.6 Å². The maximum atomic E-state index is 6.49. The standard InChI is InChI=1S/C24H30ClN5O/c1-5-18-14-15(2)21(26-17(18)4)27-22-16(3)24(30-10-12-31-13-11-30)29-23(28-22)19-8-6-7-9-20(19)25/h6-9,18H,5,10-14H2,1-4H3,(H,27,28,29). The summed E-state index contributed by atoms with van der Waals surface area (Å²) < 4.78 is 5.55. The van der Waals surface area contributed by atoms with Gasteiger partial charge in [-0.2, -0.15) is 0 Å². The van der Waals surface area contributed by atoms with Crippen LogP contribution >= 0.6 is 11.6 Å². The van der Waals surface area contributed by atoms with Gasteiger partial charge in [-0.3, -0.25) is 0 Å². The Morgan fingerprint density at radius 3 is 2.58 bits per heavy atom. The molecule has 1 N–H and O–H groups in total. The molecule has 1 aromatic heterocycles. The fourth-order valence-corrected chi connectivity index (χ4v) is 4.36. The Hall–Kier alpha value is -2.44. The zero-order valence-electron chi connectivity index (χ0n) is 18.7. The number of benzene rings is 1. The van der Waals surface area contributed by atoms with E-state index in [9.17, 15) is 0 Å². The van der Waals surface area contributed by atoms with Gasteiger partial charge in [0, 0.05) is 35.8 Å². The molecular weight excluding hydrogens is 410 g/mol. The molecular formula is C24H30ClN5O. The van der Waals surface area contributed by atoms with Crippen molar-refractivity contribution in [3.63, 3.8) is 0 Å². The van der Waals surface area contributed by atoms with E-state index in [1.807, 2.05) is 24.3 Å². The minimum Gasteiger partial charge on any atom is -0.378 e. The smallest absolute Gasteiger partial charge is 0.165 e. The average molecular weight is 440 g/mol.